The van der Waals surface area contributed by atoms with Crippen molar-refractivity contribution in [1.29, 1.82) is 5.26 Å². The van der Waals surface area contributed by atoms with E-state index in [1.165, 1.54) is 24.3 Å². The van der Waals surface area contributed by atoms with Gasteiger partial charge in [-0.15, -0.1) is 0 Å². The van der Waals surface area contributed by atoms with Crippen LogP contribution in [0.2, 0.25) is 0 Å². The fourth-order valence-corrected chi connectivity index (χ4v) is 4.93. The number of carboxylic acids is 1. The summed E-state index contributed by atoms with van der Waals surface area (Å²) in [5.41, 5.74) is 3.53. The number of hydrogen-bond acceptors (Lipinski definition) is 6. The molecule has 10 heteroatoms. The maximum absolute atomic E-state index is 15.4. The van der Waals surface area contributed by atoms with Crippen molar-refractivity contribution in [3.8, 4) is 23.2 Å². The maximum atomic E-state index is 15.4. The van der Waals surface area contributed by atoms with E-state index in [4.69, 9.17) is 15.0 Å². The van der Waals surface area contributed by atoms with Crippen molar-refractivity contribution < 1.29 is 23.4 Å². The van der Waals surface area contributed by atoms with Gasteiger partial charge in [0.1, 0.15) is 24.1 Å². The molecule has 5 aromatic rings. The molecule has 8 nitrogen and oxygen atoms in total. The van der Waals surface area contributed by atoms with Crippen LogP contribution >= 0.6 is 0 Å². The number of imidazole rings is 1. The summed E-state index contributed by atoms with van der Waals surface area (Å²) in [5, 5.41) is 21.7. The quantitative estimate of drug-likeness (QED) is 0.243. The lowest BCUT2D eigenvalue weighted by atomic mass is 10.0. The van der Waals surface area contributed by atoms with Crippen LogP contribution in [0.3, 0.4) is 0 Å². The molecule has 3 heterocycles. The average molecular weight is 566 g/mol. The van der Waals surface area contributed by atoms with Gasteiger partial charge in [0.05, 0.1) is 33.9 Å². The number of fused-ring (bicyclic) bond motifs is 1. The van der Waals surface area contributed by atoms with E-state index >= 15 is 4.39 Å². The number of pyridine rings is 1. The van der Waals surface area contributed by atoms with Crippen molar-refractivity contribution in [2.75, 3.05) is 6.54 Å². The van der Waals surface area contributed by atoms with Gasteiger partial charge in [-0.25, -0.2) is 23.5 Å². The molecule has 1 aliphatic heterocycles. The molecule has 1 fully saturated rings. The highest BCUT2D eigenvalue weighted by Crippen LogP contribution is 2.26. The molecule has 1 saturated heterocycles. The Morgan fingerprint density at radius 1 is 1.05 bits per heavy atom. The molecule has 6 rings (SSSR count). The number of nitriles is 1. The standard InChI is InChI=1S/C32H25F2N5O3/c33-25-12-19(16-35)4-5-23(25)18-42-31-3-1-2-27(38-31)21-7-6-20(26(34)13-21)15-30-37-28-9-8-22(32(40)41)14-29(28)39(30)17-24-10-11-36-24/h1-9,12-14,24,36H,10-11,15,17-18H2,(H,40,41). The lowest BCUT2D eigenvalue weighted by molar-refractivity contribution is 0.0697. The molecule has 42 heavy (non-hydrogen) atoms. The van der Waals surface area contributed by atoms with Gasteiger partial charge in [-0.3, -0.25) is 0 Å². The molecule has 2 N–H and O–H groups in total. The fraction of sp³-hybridized carbons (Fsp3) is 0.188. The number of halogens is 2. The number of hydrogen-bond donors (Lipinski definition) is 2. The smallest absolute Gasteiger partial charge is 0.335 e. The van der Waals surface area contributed by atoms with E-state index in [-0.39, 0.29) is 41.6 Å². The Kier molecular flexibility index (Phi) is 7.33. The average Bonchev–Trinajstić information content (AvgIpc) is 3.31. The highest BCUT2D eigenvalue weighted by molar-refractivity contribution is 5.92. The van der Waals surface area contributed by atoms with Crippen LogP contribution in [0.15, 0.2) is 72.8 Å². The molecule has 0 aliphatic carbocycles. The fourth-order valence-electron chi connectivity index (χ4n) is 4.93. The first kappa shape index (κ1) is 27.1. The van der Waals surface area contributed by atoms with Crippen molar-refractivity contribution in [3.63, 3.8) is 0 Å². The monoisotopic (exact) mass is 565 g/mol. The molecule has 1 unspecified atom stereocenters. The van der Waals surface area contributed by atoms with Crippen molar-refractivity contribution in [2.24, 2.45) is 0 Å². The summed E-state index contributed by atoms with van der Waals surface area (Å²) in [6.07, 6.45) is 1.22. The number of ether oxygens (including phenoxy) is 1. The first-order chi connectivity index (χ1) is 20.4. The van der Waals surface area contributed by atoms with Crippen molar-refractivity contribution >= 4 is 17.0 Å². The molecule has 3 aromatic carbocycles. The highest BCUT2D eigenvalue weighted by Gasteiger charge is 2.22. The van der Waals surface area contributed by atoms with Crippen molar-refractivity contribution in [3.05, 3.63) is 113 Å². The topological polar surface area (TPSA) is 113 Å². The van der Waals surface area contributed by atoms with Gasteiger partial charge in [-0.2, -0.15) is 5.26 Å². The minimum atomic E-state index is -1.01. The summed E-state index contributed by atoms with van der Waals surface area (Å²) in [6, 6.07) is 21.1. The Bertz CT molecular complexity index is 1860. The number of benzene rings is 3. The van der Waals surface area contributed by atoms with E-state index in [9.17, 15) is 14.3 Å². The predicted octanol–water partition coefficient (Wildman–Crippen LogP) is 5.48. The first-order valence-electron chi connectivity index (χ1n) is 13.4. The minimum absolute atomic E-state index is 0.0768. The first-order valence-corrected chi connectivity index (χ1v) is 13.4. The maximum Gasteiger partial charge on any atom is 0.335 e. The van der Waals surface area contributed by atoms with Crippen LogP contribution in [-0.2, 0) is 19.6 Å². The molecule has 0 bridgehead atoms. The van der Waals surface area contributed by atoms with Gasteiger partial charge in [0, 0.05) is 36.2 Å². The molecule has 0 spiro atoms. The Morgan fingerprint density at radius 2 is 1.86 bits per heavy atom. The number of nitrogens with zero attached hydrogens (tertiary/aromatic N) is 4. The third-order valence-corrected chi connectivity index (χ3v) is 7.38. The summed E-state index contributed by atoms with van der Waals surface area (Å²) in [5.74, 6) is -1.08. The SMILES string of the molecule is N#Cc1ccc(COc2cccc(-c3ccc(Cc4nc5ccc(C(=O)O)cc5n4CC4CCN4)c(F)c3)n2)c(F)c1. The van der Waals surface area contributed by atoms with E-state index in [2.05, 4.69) is 10.3 Å². The van der Waals surface area contributed by atoms with E-state index < -0.39 is 17.6 Å². The van der Waals surface area contributed by atoms with E-state index in [0.717, 1.165) is 19.0 Å². The molecular formula is C32H25F2N5O3. The van der Waals surface area contributed by atoms with Gasteiger partial charge in [-0.05, 0) is 61.0 Å². The Hall–Kier alpha value is -5.14. The lowest BCUT2D eigenvalue weighted by Gasteiger charge is -2.28. The summed E-state index contributed by atoms with van der Waals surface area (Å²) in [6.45, 7) is 1.46. The molecule has 0 saturated carbocycles. The van der Waals surface area contributed by atoms with Crippen LogP contribution in [-0.4, -0.2) is 38.2 Å². The summed E-state index contributed by atoms with van der Waals surface area (Å²) < 4.78 is 37.3. The predicted molar refractivity (Wildman–Crippen MR) is 151 cm³/mol. The van der Waals surface area contributed by atoms with Gasteiger partial charge in [-0.1, -0.05) is 24.3 Å². The van der Waals surface area contributed by atoms with Gasteiger partial charge in [0.15, 0.2) is 0 Å². The summed E-state index contributed by atoms with van der Waals surface area (Å²) >= 11 is 0. The Labute approximate surface area is 239 Å². The van der Waals surface area contributed by atoms with Crippen LogP contribution in [0.25, 0.3) is 22.3 Å². The van der Waals surface area contributed by atoms with Crippen molar-refractivity contribution in [2.45, 2.75) is 32.0 Å². The Morgan fingerprint density at radius 3 is 2.57 bits per heavy atom. The van der Waals surface area contributed by atoms with E-state index in [0.29, 0.717) is 40.2 Å². The van der Waals surface area contributed by atoms with Crippen molar-refractivity contribution in [1.82, 2.24) is 19.9 Å². The van der Waals surface area contributed by atoms with Crippen LogP contribution in [0.1, 0.15) is 39.3 Å². The molecule has 210 valence electrons. The normalized spacial score (nSPS) is 14.4. The minimum Gasteiger partial charge on any atom is -0.478 e. The zero-order chi connectivity index (χ0) is 29.2. The van der Waals surface area contributed by atoms with Crippen LogP contribution < -0.4 is 10.1 Å². The molecule has 2 aromatic heterocycles. The zero-order valence-corrected chi connectivity index (χ0v) is 22.3. The van der Waals surface area contributed by atoms with Gasteiger partial charge in [0.2, 0.25) is 5.88 Å². The molecule has 0 amide bonds. The highest BCUT2D eigenvalue weighted by atomic mass is 19.1. The molecule has 1 atom stereocenters. The zero-order valence-electron chi connectivity index (χ0n) is 22.3. The molecular weight excluding hydrogens is 540 g/mol. The largest absolute Gasteiger partial charge is 0.478 e. The third-order valence-electron chi connectivity index (χ3n) is 7.38. The molecule has 0 radical (unpaired) electrons. The number of aromatic carboxylic acids is 1. The number of rotatable bonds is 9. The van der Waals surface area contributed by atoms with Crippen LogP contribution in [0.4, 0.5) is 8.78 Å². The van der Waals surface area contributed by atoms with Crippen LogP contribution in [0, 0.1) is 23.0 Å². The van der Waals surface area contributed by atoms with Gasteiger partial charge >= 0.3 is 5.97 Å². The van der Waals surface area contributed by atoms with Gasteiger partial charge in [0.25, 0.3) is 0 Å². The number of carboxylic acid groups (broad SMARTS) is 1. The van der Waals surface area contributed by atoms with Gasteiger partial charge < -0.3 is 19.7 Å². The summed E-state index contributed by atoms with van der Waals surface area (Å²) in [4.78, 5) is 20.7. The Balaban J connectivity index is 1.23. The second kappa shape index (κ2) is 11.4. The number of carbonyl (C=O) groups is 1. The van der Waals surface area contributed by atoms with E-state index in [1.807, 2.05) is 10.6 Å². The molecule has 1 aliphatic rings. The second-order valence-corrected chi connectivity index (χ2v) is 10.1. The van der Waals surface area contributed by atoms with Crippen LogP contribution in [0.5, 0.6) is 5.88 Å². The van der Waals surface area contributed by atoms with E-state index in [1.54, 1.807) is 42.5 Å². The summed E-state index contributed by atoms with van der Waals surface area (Å²) in [7, 11) is 0. The number of nitrogens with one attached hydrogen (secondary N) is 1. The second-order valence-electron chi connectivity index (χ2n) is 10.1. The number of aromatic nitrogens is 3. The lowest BCUT2D eigenvalue weighted by Crippen LogP contribution is -2.45. The third kappa shape index (κ3) is 5.55.